The summed E-state index contributed by atoms with van der Waals surface area (Å²) in [4.78, 5) is 20.8. The van der Waals surface area contributed by atoms with Crippen molar-refractivity contribution in [2.24, 2.45) is 0 Å². The summed E-state index contributed by atoms with van der Waals surface area (Å²) in [5.41, 5.74) is 0.681. The van der Waals surface area contributed by atoms with Crippen molar-refractivity contribution in [3.05, 3.63) is 39.4 Å². The first-order valence-electron chi connectivity index (χ1n) is 5.05. The van der Waals surface area contributed by atoms with Gasteiger partial charge in [-0.3, -0.25) is 14.9 Å². The lowest BCUT2D eigenvalue weighted by Crippen LogP contribution is -1.95. The second kappa shape index (κ2) is 6.79. The molecule has 0 amide bonds. The molecule has 1 aromatic rings. The van der Waals surface area contributed by atoms with Crippen LogP contribution in [0.4, 0.5) is 5.69 Å². The molecular formula is C12H11NO4S. The minimum absolute atomic E-state index is 0.0101. The van der Waals surface area contributed by atoms with Gasteiger partial charge in [-0.05, 0) is 12.1 Å². The first-order chi connectivity index (χ1) is 8.54. The van der Waals surface area contributed by atoms with Crippen LogP contribution in [-0.2, 0) is 11.4 Å². The number of aliphatic hydroxyl groups excluding tert-OH is 1. The summed E-state index contributed by atoms with van der Waals surface area (Å²) >= 11 is 1.10. The van der Waals surface area contributed by atoms with Crippen LogP contribution in [-0.4, -0.2) is 20.9 Å². The molecule has 1 rings (SSSR count). The van der Waals surface area contributed by atoms with Crippen molar-refractivity contribution in [1.82, 2.24) is 0 Å². The Balaban J connectivity index is 2.85. The third-order valence-corrected chi connectivity index (χ3v) is 2.72. The lowest BCUT2D eigenvalue weighted by Gasteiger charge is -1.99. The molecule has 0 aromatic heterocycles. The number of nitrogens with zero attached hydrogens (tertiary/aromatic N) is 1. The maximum atomic E-state index is 10.7. The maximum absolute atomic E-state index is 10.7. The first kappa shape index (κ1) is 14.2. The number of rotatable bonds is 3. The van der Waals surface area contributed by atoms with E-state index in [1.807, 2.05) is 0 Å². The van der Waals surface area contributed by atoms with Gasteiger partial charge in [-0.1, -0.05) is 23.6 Å². The van der Waals surface area contributed by atoms with Gasteiger partial charge in [0.1, 0.15) is 0 Å². The van der Waals surface area contributed by atoms with E-state index in [-0.39, 0.29) is 16.4 Å². The predicted octanol–water partition coefficient (Wildman–Crippen LogP) is 1.72. The molecule has 0 bridgehead atoms. The van der Waals surface area contributed by atoms with Gasteiger partial charge in [0.05, 0.1) is 22.8 Å². The summed E-state index contributed by atoms with van der Waals surface area (Å²) in [6, 6.07) is 4.31. The maximum Gasteiger partial charge on any atom is 0.274 e. The minimum Gasteiger partial charge on any atom is -0.391 e. The number of carbonyl (C=O) groups is 1. The fourth-order valence-electron chi connectivity index (χ4n) is 1.24. The number of hydrogen-bond acceptors (Lipinski definition) is 5. The highest BCUT2D eigenvalue weighted by atomic mass is 32.2. The van der Waals surface area contributed by atoms with Crippen molar-refractivity contribution in [3.8, 4) is 11.8 Å². The van der Waals surface area contributed by atoms with Crippen LogP contribution < -0.4 is 0 Å². The Hall–Kier alpha value is -1.84. The molecule has 0 spiro atoms. The molecule has 94 valence electrons. The van der Waals surface area contributed by atoms with Gasteiger partial charge in [-0.2, -0.15) is 0 Å². The van der Waals surface area contributed by atoms with E-state index in [2.05, 4.69) is 11.8 Å². The summed E-state index contributed by atoms with van der Waals surface area (Å²) < 4.78 is 0. The van der Waals surface area contributed by atoms with Crippen LogP contribution in [0.3, 0.4) is 0 Å². The fourth-order valence-corrected chi connectivity index (χ4v) is 1.59. The Bertz CT molecular complexity index is 531. The van der Waals surface area contributed by atoms with Gasteiger partial charge < -0.3 is 5.11 Å². The van der Waals surface area contributed by atoms with E-state index in [4.69, 9.17) is 5.11 Å². The number of nitro groups is 1. The lowest BCUT2D eigenvalue weighted by molar-refractivity contribution is -0.385. The van der Waals surface area contributed by atoms with Crippen LogP contribution in [0.25, 0.3) is 0 Å². The third kappa shape index (κ3) is 4.20. The van der Waals surface area contributed by atoms with E-state index >= 15 is 0 Å². The number of thioether (sulfide) groups is 1. The average molecular weight is 265 g/mol. The summed E-state index contributed by atoms with van der Waals surface area (Å²) in [7, 11) is 0. The summed E-state index contributed by atoms with van der Waals surface area (Å²) in [6.45, 7) is 1.05. The molecule has 0 radical (unpaired) electrons. The van der Waals surface area contributed by atoms with Gasteiger partial charge in [-0.15, -0.1) is 0 Å². The number of benzene rings is 1. The average Bonchev–Trinajstić information content (AvgIpc) is 2.33. The Morgan fingerprint density at radius 3 is 2.83 bits per heavy atom. The third-order valence-electron chi connectivity index (χ3n) is 2.03. The summed E-state index contributed by atoms with van der Waals surface area (Å²) in [5, 5.41) is 19.7. The number of hydrogen-bond donors (Lipinski definition) is 1. The molecule has 0 fully saturated rings. The Kier molecular flexibility index (Phi) is 5.36. The highest BCUT2D eigenvalue weighted by molar-refractivity contribution is 8.13. The normalized spacial score (nSPS) is 9.44. The molecular weight excluding hydrogens is 254 g/mol. The van der Waals surface area contributed by atoms with Crippen molar-refractivity contribution in [2.45, 2.75) is 13.5 Å². The van der Waals surface area contributed by atoms with Gasteiger partial charge in [0.25, 0.3) is 5.69 Å². The summed E-state index contributed by atoms with van der Waals surface area (Å²) in [5.74, 6) is 5.93. The van der Waals surface area contributed by atoms with E-state index in [9.17, 15) is 14.9 Å². The van der Waals surface area contributed by atoms with Crippen LogP contribution in [0.5, 0.6) is 0 Å². The van der Waals surface area contributed by atoms with Crippen molar-refractivity contribution in [2.75, 3.05) is 5.75 Å². The van der Waals surface area contributed by atoms with Crippen molar-refractivity contribution in [1.29, 1.82) is 0 Å². The summed E-state index contributed by atoms with van der Waals surface area (Å²) in [6.07, 6.45) is 0. The number of carbonyl (C=O) groups excluding carboxylic acids is 1. The van der Waals surface area contributed by atoms with Crippen LogP contribution >= 0.6 is 11.8 Å². The standard InChI is InChI=1S/C12H11NO4S/c1-9(15)18-6-2-3-10-4-5-12(13(16)17)11(7-10)8-14/h4-5,7,14H,6,8H2,1H3. The molecule has 0 heterocycles. The van der Waals surface area contributed by atoms with Gasteiger partial charge in [0.15, 0.2) is 5.12 Å². The molecule has 0 saturated heterocycles. The topological polar surface area (TPSA) is 80.4 Å². The van der Waals surface area contributed by atoms with Gasteiger partial charge in [-0.25, -0.2) is 0 Å². The molecule has 5 nitrogen and oxygen atoms in total. The van der Waals surface area contributed by atoms with Crippen LogP contribution in [0, 0.1) is 22.0 Å². The van der Waals surface area contributed by atoms with Gasteiger partial charge in [0.2, 0.25) is 0 Å². The molecule has 18 heavy (non-hydrogen) atoms. The molecule has 0 aliphatic rings. The smallest absolute Gasteiger partial charge is 0.274 e. The largest absolute Gasteiger partial charge is 0.391 e. The molecule has 1 N–H and O–H groups in total. The van der Waals surface area contributed by atoms with E-state index < -0.39 is 11.5 Å². The highest BCUT2D eigenvalue weighted by Crippen LogP contribution is 2.19. The van der Waals surface area contributed by atoms with Gasteiger partial charge in [0, 0.05) is 18.6 Å². The first-order valence-corrected chi connectivity index (χ1v) is 6.03. The Morgan fingerprint density at radius 2 is 2.28 bits per heavy atom. The van der Waals surface area contributed by atoms with E-state index in [1.165, 1.54) is 25.1 Å². The second-order valence-electron chi connectivity index (χ2n) is 3.34. The Morgan fingerprint density at radius 1 is 1.56 bits per heavy atom. The number of aliphatic hydroxyl groups is 1. The van der Waals surface area contributed by atoms with E-state index in [1.54, 1.807) is 0 Å². The van der Waals surface area contributed by atoms with E-state index in [0.29, 0.717) is 11.3 Å². The predicted molar refractivity (Wildman–Crippen MR) is 69.0 cm³/mol. The van der Waals surface area contributed by atoms with Crippen molar-refractivity contribution < 1.29 is 14.8 Å². The second-order valence-corrected chi connectivity index (χ2v) is 4.49. The molecule has 0 aliphatic heterocycles. The highest BCUT2D eigenvalue weighted by Gasteiger charge is 2.12. The molecule has 0 unspecified atom stereocenters. The molecule has 1 aromatic carbocycles. The van der Waals surface area contributed by atoms with Gasteiger partial charge >= 0.3 is 0 Å². The van der Waals surface area contributed by atoms with Crippen LogP contribution in [0.15, 0.2) is 18.2 Å². The molecule has 0 saturated carbocycles. The molecule has 6 heteroatoms. The Labute approximate surface area is 108 Å². The molecule has 0 aliphatic carbocycles. The monoisotopic (exact) mass is 265 g/mol. The zero-order valence-corrected chi connectivity index (χ0v) is 10.5. The number of nitro benzene ring substituents is 1. The van der Waals surface area contributed by atoms with E-state index in [0.717, 1.165) is 11.8 Å². The molecule has 0 atom stereocenters. The fraction of sp³-hybridized carbons (Fsp3) is 0.250. The van der Waals surface area contributed by atoms with Crippen LogP contribution in [0.2, 0.25) is 0 Å². The zero-order valence-electron chi connectivity index (χ0n) is 9.67. The van der Waals surface area contributed by atoms with Crippen molar-refractivity contribution in [3.63, 3.8) is 0 Å². The quantitative estimate of drug-likeness (QED) is 0.511. The van der Waals surface area contributed by atoms with Crippen molar-refractivity contribution >= 4 is 22.6 Å². The van der Waals surface area contributed by atoms with Crippen LogP contribution in [0.1, 0.15) is 18.1 Å². The SMILES string of the molecule is CC(=O)SCC#Cc1ccc([N+](=O)[O-])c(CO)c1. The lowest BCUT2D eigenvalue weighted by atomic mass is 10.1. The minimum atomic E-state index is -0.547. The zero-order chi connectivity index (χ0) is 13.5.